The molecule has 0 saturated carbocycles. The van der Waals surface area contributed by atoms with E-state index in [1.54, 1.807) is 18.2 Å². The van der Waals surface area contributed by atoms with Gasteiger partial charge in [0.2, 0.25) is 0 Å². The maximum atomic E-state index is 12.4. The molecule has 0 radical (unpaired) electrons. The normalized spacial score (nSPS) is 10.6. The van der Waals surface area contributed by atoms with E-state index in [-0.39, 0.29) is 18.2 Å². The Bertz CT molecular complexity index is 1050. The second kappa shape index (κ2) is 8.54. The van der Waals surface area contributed by atoms with Crippen LogP contribution in [0.3, 0.4) is 0 Å². The highest BCUT2D eigenvalue weighted by Gasteiger charge is 2.14. The monoisotopic (exact) mass is 414 g/mol. The lowest BCUT2D eigenvalue weighted by Gasteiger charge is -2.13. The molecule has 0 atom stereocenters. The number of nitrogens with zero attached hydrogens (tertiary/aromatic N) is 1. The number of nitrogens with one attached hydrogen (secondary N) is 1. The number of rotatable bonds is 6. The molecule has 1 N–H and O–H groups in total. The highest BCUT2D eigenvalue weighted by molar-refractivity contribution is 7.15. The van der Waals surface area contributed by atoms with Crippen molar-refractivity contribution in [1.29, 1.82) is 0 Å². The Morgan fingerprint density at radius 3 is 2.61 bits per heavy atom. The molecule has 2 aromatic carbocycles. The van der Waals surface area contributed by atoms with Gasteiger partial charge in [-0.05, 0) is 55.3 Å². The first kappa shape index (κ1) is 20.0. The number of hydrogen-bond acceptors (Lipinski definition) is 5. The topological polar surface area (TPSA) is 68.3 Å². The van der Waals surface area contributed by atoms with Gasteiger partial charge in [0.25, 0.3) is 5.91 Å². The molecule has 0 aliphatic carbocycles. The van der Waals surface area contributed by atoms with E-state index < -0.39 is 0 Å². The van der Waals surface area contributed by atoms with Gasteiger partial charge in [0.1, 0.15) is 16.4 Å². The van der Waals surface area contributed by atoms with Gasteiger partial charge in [-0.1, -0.05) is 17.7 Å². The summed E-state index contributed by atoms with van der Waals surface area (Å²) in [6.07, 6.45) is 1.40. The largest absolute Gasteiger partial charge is 0.457 e. The zero-order chi connectivity index (χ0) is 20.3. The Balaban J connectivity index is 1.75. The number of ether oxygens (including phenoxy) is 1. The highest BCUT2D eigenvalue weighted by Crippen LogP contribution is 2.29. The summed E-state index contributed by atoms with van der Waals surface area (Å²) in [4.78, 5) is 28.0. The first-order valence-corrected chi connectivity index (χ1v) is 9.81. The van der Waals surface area contributed by atoms with Crippen molar-refractivity contribution in [3.63, 3.8) is 0 Å². The molecule has 0 aliphatic heterocycles. The molecule has 0 spiro atoms. The van der Waals surface area contributed by atoms with E-state index in [4.69, 9.17) is 16.3 Å². The van der Waals surface area contributed by atoms with Crippen molar-refractivity contribution in [2.45, 2.75) is 27.3 Å². The fourth-order valence-corrected chi connectivity index (χ4v) is 3.42. The molecule has 0 unspecified atom stereocenters. The summed E-state index contributed by atoms with van der Waals surface area (Å²) in [6.45, 7) is 5.71. The van der Waals surface area contributed by atoms with Crippen LogP contribution in [0.25, 0.3) is 0 Å². The van der Waals surface area contributed by atoms with Gasteiger partial charge in [-0.25, -0.2) is 4.98 Å². The van der Waals surface area contributed by atoms with Crippen LogP contribution in [-0.2, 0) is 6.54 Å². The average Bonchev–Trinajstić information content (AvgIpc) is 3.15. The Labute approximate surface area is 172 Å². The van der Waals surface area contributed by atoms with Crippen LogP contribution in [0.1, 0.15) is 43.1 Å². The minimum absolute atomic E-state index is 0.164. The van der Waals surface area contributed by atoms with E-state index in [0.717, 1.165) is 22.5 Å². The molecule has 1 amide bonds. The van der Waals surface area contributed by atoms with Gasteiger partial charge >= 0.3 is 0 Å². The summed E-state index contributed by atoms with van der Waals surface area (Å²) in [5, 5.41) is 3.68. The molecule has 5 nitrogen and oxygen atoms in total. The van der Waals surface area contributed by atoms with Gasteiger partial charge in [0.05, 0.1) is 6.20 Å². The number of carbonyl (C=O) groups is 2. The molecule has 0 saturated heterocycles. The molecular weight excluding hydrogens is 396 g/mol. The van der Waals surface area contributed by atoms with Crippen molar-refractivity contribution in [1.82, 2.24) is 10.3 Å². The predicted molar refractivity (Wildman–Crippen MR) is 111 cm³/mol. The van der Waals surface area contributed by atoms with E-state index in [0.29, 0.717) is 26.4 Å². The van der Waals surface area contributed by atoms with Crippen LogP contribution in [0.5, 0.6) is 11.5 Å². The van der Waals surface area contributed by atoms with Crippen LogP contribution in [0.4, 0.5) is 0 Å². The number of amides is 1. The van der Waals surface area contributed by atoms with Crippen LogP contribution in [0, 0.1) is 13.8 Å². The van der Waals surface area contributed by atoms with Crippen molar-refractivity contribution in [3.8, 4) is 11.5 Å². The van der Waals surface area contributed by atoms with Crippen LogP contribution in [0.15, 0.2) is 42.6 Å². The van der Waals surface area contributed by atoms with Gasteiger partial charge < -0.3 is 10.1 Å². The Morgan fingerprint density at radius 2 is 1.93 bits per heavy atom. The van der Waals surface area contributed by atoms with Crippen molar-refractivity contribution in [3.05, 3.63) is 74.2 Å². The van der Waals surface area contributed by atoms with Crippen molar-refractivity contribution in [2.75, 3.05) is 0 Å². The molecule has 0 bridgehead atoms. The van der Waals surface area contributed by atoms with Crippen molar-refractivity contribution in [2.24, 2.45) is 0 Å². The number of Topliss-reactive ketones (excluding diaryl/α,β-unsaturated/α-hetero) is 1. The second-order valence-electron chi connectivity index (χ2n) is 6.37. The van der Waals surface area contributed by atoms with Crippen LogP contribution in [-0.4, -0.2) is 16.7 Å². The SMILES string of the molecule is CC(=O)c1ncc(C(=O)NCc2cc(Cl)ccc2Oc2ccc(C)c(C)c2)s1. The molecule has 144 valence electrons. The fraction of sp³-hybridized carbons (Fsp3) is 0.190. The third-order valence-corrected chi connectivity index (χ3v) is 5.53. The number of aromatic nitrogens is 1. The lowest BCUT2D eigenvalue weighted by Crippen LogP contribution is -2.22. The standard InChI is InChI=1S/C21H19ClN2O3S/c1-12-4-6-17(8-13(12)2)27-18-7-5-16(22)9-15(18)10-23-20(26)19-11-24-21(28-19)14(3)25/h4-9,11H,10H2,1-3H3,(H,23,26). The number of carbonyl (C=O) groups excluding carboxylic acids is 2. The zero-order valence-corrected chi connectivity index (χ0v) is 17.3. The zero-order valence-electron chi connectivity index (χ0n) is 15.7. The Hall–Kier alpha value is -2.70. The van der Waals surface area contributed by atoms with Gasteiger partial charge in [-0.15, -0.1) is 11.3 Å². The van der Waals surface area contributed by atoms with E-state index in [1.807, 2.05) is 32.0 Å². The summed E-state index contributed by atoms with van der Waals surface area (Å²) < 4.78 is 6.01. The second-order valence-corrected chi connectivity index (χ2v) is 7.84. The maximum absolute atomic E-state index is 12.4. The molecule has 1 aromatic heterocycles. The predicted octanol–water partition coefficient (Wildman–Crippen LogP) is 5.34. The molecular formula is C21H19ClN2O3S. The quantitative estimate of drug-likeness (QED) is 0.553. The van der Waals surface area contributed by atoms with E-state index in [2.05, 4.69) is 10.3 Å². The first-order chi connectivity index (χ1) is 13.3. The molecule has 1 heterocycles. The third-order valence-electron chi connectivity index (χ3n) is 4.20. The number of benzene rings is 2. The summed E-state index contributed by atoms with van der Waals surface area (Å²) in [5.41, 5.74) is 3.06. The summed E-state index contributed by atoms with van der Waals surface area (Å²) in [7, 11) is 0. The highest BCUT2D eigenvalue weighted by atomic mass is 35.5. The van der Waals surface area contributed by atoms with Gasteiger partial charge in [0, 0.05) is 24.1 Å². The molecule has 0 aliphatic rings. The number of halogens is 1. The van der Waals surface area contributed by atoms with E-state index in [1.165, 1.54) is 18.7 Å². The van der Waals surface area contributed by atoms with Crippen LogP contribution >= 0.6 is 22.9 Å². The number of ketones is 1. The van der Waals surface area contributed by atoms with Gasteiger partial charge in [-0.2, -0.15) is 0 Å². The molecule has 3 aromatic rings. The van der Waals surface area contributed by atoms with Crippen molar-refractivity contribution < 1.29 is 14.3 Å². The van der Waals surface area contributed by atoms with E-state index >= 15 is 0 Å². The Kier molecular flexibility index (Phi) is 6.11. The minimum atomic E-state index is -0.304. The molecule has 28 heavy (non-hydrogen) atoms. The summed E-state index contributed by atoms with van der Waals surface area (Å²) >= 11 is 7.19. The fourth-order valence-electron chi connectivity index (χ4n) is 2.49. The number of aryl methyl sites for hydroxylation is 2. The summed E-state index contributed by atoms with van der Waals surface area (Å²) in [5.74, 6) is 0.860. The lowest BCUT2D eigenvalue weighted by atomic mass is 10.1. The lowest BCUT2D eigenvalue weighted by molar-refractivity contribution is 0.0953. The van der Waals surface area contributed by atoms with Crippen LogP contribution in [0.2, 0.25) is 5.02 Å². The Morgan fingerprint density at radius 1 is 1.14 bits per heavy atom. The molecule has 0 fully saturated rings. The van der Waals surface area contributed by atoms with Gasteiger partial charge in [-0.3, -0.25) is 9.59 Å². The summed E-state index contributed by atoms with van der Waals surface area (Å²) in [6, 6.07) is 11.1. The maximum Gasteiger partial charge on any atom is 0.263 e. The minimum Gasteiger partial charge on any atom is -0.457 e. The number of thiazole rings is 1. The van der Waals surface area contributed by atoms with E-state index in [9.17, 15) is 9.59 Å². The first-order valence-electron chi connectivity index (χ1n) is 8.62. The third kappa shape index (κ3) is 4.77. The van der Waals surface area contributed by atoms with Crippen molar-refractivity contribution >= 4 is 34.6 Å². The molecule has 3 rings (SSSR count). The molecule has 7 heteroatoms. The smallest absolute Gasteiger partial charge is 0.263 e. The van der Waals surface area contributed by atoms with Gasteiger partial charge in [0.15, 0.2) is 10.8 Å². The van der Waals surface area contributed by atoms with Crippen LogP contribution < -0.4 is 10.1 Å². The average molecular weight is 415 g/mol. The number of hydrogen-bond donors (Lipinski definition) is 1.